The van der Waals surface area contributed by atoms with Gasteiger partial charge >= 0.3 is 0 Å². The van der Waals surface area contributed by atoms with Gasteiger partial charge in [0.25, 0.3) is 0 Å². The van der Waals surface area contributed by atoms with Gasteiger partial charge in [0.1, 0.15) is 11.5 Å². The molecule has 0 saturated heterocycles. The molecule has 0 bridgehead atoms. The fourth-order valence-electron chi connectivity index (χ4n) is 2.14. The highest BCUT2D eigenvalue weighted by Crippen LogP contribution is 2.25. The van der Waals surface area contributed by atoms with Gasteiger partial charge < -0.3 is 15.2 Å². The monoisotopic (exact) mass is 271 g/mol. The van der Waals surface area contributed by atoms with Gasteiger partial charge in [-0.1, -0.05) is 30.3 Å². The van der Waals surface area contributed by atoms with Crippen LogP contribution in [-0.2, 0) is 0 Å². The van der Waals surface area contributed by atoms with Crippen molar-refractivity contribution < 1.29 is 9.47 Å². The first-order valence-corrected chi connectivity index (χ1v) is 6.78. The zero-order valence-corrected chi connectivity index (χ0v) is 12.0. The summed E-state index contributed by atoms with van der Waals surface area (Å²) in [6.07, 6.45) is 0.744. The van der Waals surface area contributed by atoms with Crippen LogP contribution in [0.5, 0.6) is 11.5 Å². The number of para-hydroxylation sites is 1. The summed E-state index contributed by atoms with van der Waals surface area (Å²) in [4.78, 5) is 0. The first-order valence-electron chi connectivity index (χ1n) is 6.78. The van der Waals surface area contributed by atoms with Gasteiger partial charge in [0.15, 0.2) is 0 Å². The number of methoxy groups -OCH3 is 1. The van der Waals surface area contributed by atoms with Crippen LogP contribution in [0.25, 0.3) is 0 Å². The number of ether oxygens (including phenoxy) is 2. The van der Waals surface area contributed by atoms with E-state index in [1.54, 1.807) is 7.11 Å². The summed E-state index contributed by atoms with van der Waals surface area (Å²) in [5.41, 5.74) is 8.41. The molecule has 0 radical (unpaired) electrons. The van der Waals surface area contributed by atoms with E-state index in [-0.39, 0.29) is 6.04 Å². The predicted molar refractivity (Wildman–Crippen MR) is 81.2 cm³/mol. The van der Waals surface area contributed by atoms with Gasteiger partial charge in [0.05, 0.1) is 13.7 Å². The van der Waals surface area contributed by atoms with E-state index in [2.05, 4.69) is 0 Å². The third-order valence-corrected chi connectivity index (χ3v) is 3.23. The molecule has 0 aliphatic heterocycles. The van der Waals surface area contributed by atoms with Crippen molar-refractivity contribution in [2.24, 2.45) is 5.73 Å². The van der Waals surface area contributed by atoms with E-state index < -0.39 is 0 Å². The summed E-state index contributed by atoms with van der Waals surface area (Å²) in [5.74, 6) is 1.72. The van der Waals surface area contributed by atoms with E-state index in [4.69, 9.17) is 15.2 Å². The Morgan fingerprint density at radius 3 is 2.65 bits per heavy atom. The zero-order valence-electron chi connectivity index (χ0n) is 12.0. The lowest BCUT2D eigenvalue weighted by atomic mass is 10.0. The molecule has 0 aliphatic carbocycles. The molecule has 0 saturated carbocycles. The average Bonchev–Trinajstić information content (AvgIpc) is 2.47. The van der Waals surface area contributed by atoms with Gasteiger partial charge in [0.2, 0.25) is 0 Å². The fraction of sp³-hybridized carbons (Fsp3) is 0.294. The second kappa shape index (κ2) is 6.96. The maximum absolute atomic E-state index is 6.21. The van der Waals surface area contributed by atoms with Gasteiger partial charge in [-0.05, 0) is 30.7 Å². The van der Waals surface area contributed by atoms with Crippen LogP contribution in [0.15, 0.2) is 48.5 Å². The molecule has 0 fully saturated rings. The Balaban J connectivity index is 1.90. The van der Waals surface area contributed by atoms with E-state index in [0.717, 1.165) is 23.5 Å². The van der Waals surface area contributed by atoms with Gasteiger partial charge in [0, 0.05) is 18.0 Å². The van der Waals surface area contributed by atoms with Crippen LogP contribution in [0, 0.1) is 6.92 Å². The van der Waals surface area contributed by atoms with E-state index in [0.29, 0.717) is 6.61 Å². The molecule has 0 aromatic heterocycles. The lowest BCUT2D eigenvalue weighted by Gasteiger charge is -2.16. The molecule has 20 heavy (non-hydrogen) atoms. The van der Waals surface area contributed by atoms with Crippen molar-refractivity contribution >= 4 is 0 Å². The number of nitrogens with two attached hydrogens (primary N) is 1. The predicted octanol–water partition coefficient (Wildman–Crippen LogP) is 3.47. The first-order chi connectivity index (χ1) is 9.70. The molecular formula is C17H21NO2. The Morgan fingerprint density at radius 1 is 1.10 bits per heavy atom. The standard InChI is InChI=1S/C17H21NO2/c1-13-6-5-7-14(12-13)20-11-10-16(18)15-8-3-4-9-17(15)19-2/h3-9,12,16H,10-11,18H2,1-2H3. The maximum Gasteiger partial charge on any atom is 0.123 e. The Hall–Kier alpha value is -2.00. The number of hydrogen-bond donors (Lipinski definition) is 1. The summed E-state index contributed by atoms with van der Waals surface area (Å²) in [7, 11) is 1.66. The summed E-state index contributed by atoms with van der Waals surface area (Å²) in [6.45, 7) is 2.64. The van der Waals surface area contributed by atoms with Crippen LogP contribution in [0.2, 0.25) is 0 Å². The van der Waals surface area contributed by atoms with Crippen LogP contribution in [0.3, 0.4) is 0 Å². The number of hydrogen-bond acceptors (Lipinski definition) is 3. The van der Waals surface area contributed by atoms with Crippen LogP contribution in [-0.4, -0.2) is 13.7 Å². The van der Waals surface area contributed by atoms with Gasteiger partial charge in [-0.25, -0.2) is 0 Å². The summed E-state index contributed by atoms with van der Waals surface area (Å²) >= 11 is 0. The number of rotatable bonds is 6. The van der Waals surface area contributed by atoms with Crippen molar-refractivity contribution in [3.05, 3.63) is 59.7 Å². The molecule has 0 heterocycles. The van der Waals surface area contributed by atoms with Crippen molar-refractivity contribution in [3.63, 3.8) is 0 Å². The Labute approximate surface area is 120 Å². The fourth-order valence-corrected chi connectivity index (χ4v) is 2.14. The molecule has 2 rings (SSSR count). The van der Waals surface area contributed by atoms with Crippen molar-refractivity contribution in [2.45, 2.75) is 19.4 Å². The highest BCUT2D eigenvalue weighted by molar-refractivity contribution is 5.35. The molecule has 3 nitrogen and oxygen atoms in total. The molecular weight excluding hydrogens is 250 g/mol. The Morgan fingerprint density at radius 2 is 1.90 bits per heavy atom. The van der Waals surface area contributed by atoms with Crippen LogP contribution >= 0.6 is 0 Å². The summed E-state index contributed by atoms with van der Waals surface area (Å²) in [5, 5.41) is 0. The third kappa shape index (κ3) is 3.75. The molecule has 2 aromatic carbocycles. The number of benzene rings is 2. The van der Waals surface area contributed by atoms with E-state index >= 15 is 0 Å². The topological polar surface area (TPSA) is 44.5 Å². The lowest BCUT2D eigenvalue weighted by molar-refractivity contribution is 0.296. The Bertz CT molecular complexity index is 554. The third-order valence-electron chi connectivity index (χ3n) is 3.23. The summed E-state index contributed by atoms with van der Waals surface area (Å²) in [6, 6.07) is 15.8. The maximum atomic E-state index is 6.21. The molecule has 1 unspecified atom stereocenters. The van der Waals surface area contributed by atoms with Gasteiger partial charge in [-0.2, -0.15) is 0 Å². The highest BCUT2D eigenvalue weighted by Gasteiger charge is 2.11. The molecule has 2 N–H and O–H groups in total. The van der Waals surface area contributed by atoms with Crippen LogP contribution < -0.4 is 15.2 Å². The van der Waals surface area contributed by atoms with Crippen molar-refractivity contribution in [2.75, 3.05) is 13.7 Å². The van der Waals surface area contributed by atoms with E-state index in [1.165, 1.54) is 5.56 Å². The van der Waals surface area contributed by atoms with Gasteiger partial charge in [-0.3, -0.25) is 0 Å². The number of aryl methyl sites for hydroxylation is 1. The van der Waals surface area contributed by atoms with Crippen molar-refractivity contribution in [3.8, 4) is 11.5 Å². The highest BCUT2D eigenvalue weighted by atomic mass is 16.5. The minimum atomic E-state index is -0.0871. The zero-order chi connectivity index (χ0) is 14.4. The molecule has 1 atom stereocenters. The quantitative estimate of drug-likeness (QED) is 0.875. The molecule has 2 aromatic rings. The van der Waals surface area contributed by atoms with Gasteiger partial charge in [-0.15, -0.1) is 0 Å². The van der Waals surface area contributed by atoms with Crippen LogP contribution in [0.1, 0.15) is 23.6 Å². The van der Waals surface area contributed by atoms with E-state index in [1.807, 2.05) is 55.5 Å². The second-order valence-corrected chi connectivity index (χ2v) is 4.80. The summed E-state index contributed by atoms with van der Waals surface area (Å²) < 4.78 is 11.1. The van der Waals surface area contributed by atoms with E-state index in [9.17, 15) is 0 Å². The van der Waals surface area contributed by atoms with Crippen molar-refractivity contribution in [1.82, 2.24) is 0 Å². The molecule has 0 spiro atoms. The van der Waals surface area contributed by atoms with Crippen LogP contribution in [0.4, 0.5) is 0 Å². The normalized spacial score (nSPS) is 11.9. The minimum Gasteiger partial charge on any atom is -0.496 e. The smallest absolute Gasteiger partial charge is 0.123 e. The molecule has 106 valence electrons. The SMILES string of the molecule is COc1ccccc1C(N)CCOc1cccc(C)c1. The minimum absolute atomic E-state index is 0.0871. The Kier molecular flexibility index (Phi) is 5.02. The average molecular weight is 271 g/mol. The molecule has 0 amide bonds. The first kappa shape index (κ1) is 14.4. The molecule has 0 aliphatic rings. The molecule has 3 heteroatoms. The largest absolute Gasteiger partial charge is 0.496 e. The van der Waals surface area contributed by atoms with Crippen molar-refractivity contribution in [1.29, 1.82) is 0 Å². The lowest BCUT2D eigenvalue weighted by Crippen LogP contribution is -2.15. The second-order valence-electron chi connectivity index (χ2n) is 4.80.